The zero-order valence-corrected chi connectivity index (χ0v) is 76.1. The monoisotopic (exact) mass is 2120 g/mol. The van der Waals surface area contributed by atoms with E-state index in [1.54, 1.807) is 44.0 Å². The second kappa shape index (κ2) is 42.1. The molecule has 16 rings (SSSR count). The number of nitrogens with zero attached hydrogens (tertiary/aromatic N) is 12. The van der Waals surface area contributed by atoms with Gasteiger partial charge in [0.25, 0.3) is 0 Å². The minimum absolute atomic E-state index is 0. The number of carbonyl (C=O) groups is 2. The number of rotatable bonds is 20. The van der Waals surface area contributed by atoms with Gasteiger partial charge in [-0.2, -0.15) is 40.7 Å². The summed E-state index contributed by atoms with van der Waals surface area (Å²) in [6, 6.07) is 78.2. The number of para-hydroxylation sites is 3. The number of hydrogen-bond acceptors (Lipinski definition) is 14. The van der Waals surface area contributed by atoms with Crippen molar-refractivity contribution in [3.05, 3.63) is 319 Å². The molecule has 0 fully saturated rings. The van der Waals surface area contributed by atoms with E-state index in [1.165, 1.54) is 46.8 Å². The molecule has 19 nitrogen and oxygen atoms in total. The summed E-state index contributed by atoms with van der Waals surface area (Å²) in [5.41, 5.74) is 18.8. The first-order valence-corrected chi connectivity index (χ1v) is 38.3. The third-order valence-corrected chi connectivity index (χ3v) is 20.0. The van der Waals surface area contributed by atoms with Gasteiger partial charge in [0.1, 0.15) is 24.5 Å². The number of carbonyl (C=O) groups excluding carboxylic acids is 2. The van der Waals surface area contributed by atoms with Gasteiger partial charge in [-0.25, -0.2) is 0 Å². The van der Waals surface area contributed by atoms with Crippen molar-refractivity contribution < 1.29 is 93.1 Å². The van der Waals surface area contributed by atoms with E-state index in [-0.39, 0.29) is 85.9 Å². The fraction of sp³-hybridized carbons (Fsp3) is 0.227. The molecule has 0 amide bonds. The second-order valence-corrected chi connectivity index (χ2v) is 29.5. The number of imidazole rings is 4. The number of hydrogen-bond donors (Lipinski definition) is 0. The van der Waals surface area contributed by atoms with Crippen LogP contribution in [0, 0.1) is 114 Å². The van der Waals surface area contributed by atoms with Crippen LogP contribution in [-0.4, -0.2) is 85.4 Å². The van der Waals surface area contributed by atoms with E-state index in [9.17, 15) is 14.9 Å². The molecule has 0 aliphatic rings. The molecule has 7 aromatic heterocycles. The molecular formula is C97H93Ir3N12O7-5. The van der Waals surface area contributed by atoms with Crippen molar-refractivity contribution in [2.75, 3.05) is 20.3 Å². The predicted molar refractivity (Wildman–Crippen MR) is 453 cm³/mol. The fourth-order valence-corrected chi connectivity index (χ4v) is 14.6. The summed E-state index contributed by atoms with van der Waals surface area (Å²) in [5, 5.41) is 19.6. The van der Waals surface area contributed by atoms with Crippen molar-refractivity contribution in [2.24, 2.45) is 23.8 Å². The van der Waals surface area contributed by atoms with Crippen molar-refractivity contribution in [2.45, 2.75) is 102 Å². The molecule has 2 unspecified atom stereocenters. The van der Waals surface area contributed by atoms with Gasteiger partial charge in [0.05, 0.1) is 52.8 Å². The quantitative estimate of drug-likeness (QED) is 0.0394. The summed E-state index contributed by atoms with van der Waals surface area (Å²) in [6.45, 7) is 24.1. The van der Waals surface area contributed by atoms with E-state index in [4.69, 9.17) is 28.1 Å². The normalized spacial score (nSPS) is 11.5. The molecule has 3 radical (unpaired) electrons. The van der Waals surface area contributed by atoms with E-state index in [0.29, 0.717) is 24.3 Å². The molecule has 0 N–H and O–H groups in total. The average molecular weight is 2120 g/mol. The van der Waals surface area contributed by atoms with Gasteiger partial charge in [-0.15, -0.1) is 101 Å². The van der Waals surface area contributed by atoms with Crippen molar-refractivity contribution in [3.8, 4) is 91.5 Å². The zero-order valence-electron chi connectivity index (χ0n) is 68.9. The van der Waals surface area contributed by atoms with Crippen LogP contribution in [0.4, 0.5) is 0 Å². The smallest absolute Gasteiger partial charge is 0.311 e. The van der Waals surface area contributed by atoms with Gasteiger partial charge in [0.15, 0.2) is 0 Å². The van der Waals surface area contributed by atoms with Gasteiger partial charge in [-0.3, -0.25) is 29.2 Å². The molecule has 615 valence electrons. The first-order valence-electron chi connectivity index (χ1n) is 38.3. The Morgan fingerprint density at radius 1 is 0.571 bits per heavy atom. The molecule has 7 heterocycles. The molecule has 0 saturated heterocycles. The summed E-state index contributed by atoms with van der Waals surface area (Å²) in [5.74, 6) is 2.96. The molecular weight excluding hydrogens is 2020 g/mol. The maximum absolute atomic E-state index is 13.3. The topological polar surface area (TPSA) is 214 Å². The standard InChI is InChI=1S/C33H40N3O5.C23H22N3O.C22H15N2O.C10H9N2.C9H7N2.3Ir/c1-23(21-34)13-14-33(6,22-32(4,5)30(37)39-7)31(38)41-18-17-40-27-19-24(2)28(25(3)20-27)36-16-15-35-29(36)26-11-9-8-10-12-26;1-14-11-17(4)22(18(5)12-14)26-13-20(21-15(2)7-6-8-16(21)3)24-23(26)19-9-10-27-25-19;1-15-7-2-4-11-19(15)24-14-13-23-22(24)18-10-6-9-17-16-8-3-5-12-20(16)25-21(17)18;1-12-8-7-11-10(12)9-5-3-2-4-6-9;1-2-5-9(6-3-1)11-8-4-7-10-11;;;/h8-11,15-16,19-20,23H,13-14,17-18,22H2,1-7H3;6-8,10-13H,1-5H3;2-9,11-14H,1H3;2-5,7-8H,1H3;1-5,7-8H;;;/q5*-1;;;. The number of esters is 2. The zero-order chi connectivity index (χ0) is 82.0. The van der Waals surface area contributed by atoms with Crippen molar-refractivity contribution >= 4 is 33.9 Å². The molecule has 9 aromatic carbocycles. The fourth-order valence-electron chi connectivity index (χ4n) is 14.6. The maximum Gasteiger partial charge on any atom is 0.311 e. The third-order valence-electron chi connectivity index (χ3n) is 20.0. The number of furan rings is 1. The molecule has 0 saturated carbocycles. The minimum Gasteiger partial charge on any atom is -0.501 e. The number of ether oxygens (including phenoxy) is 3. The van der Waals surface area contributed by atoms with Gasteiger partial charge in [0.2, 0.25) is 0 Å². The summed E-state index contributed by atoms with van der Waals surface area (Å²) in [6.07, 6.45) is 19.6. The Hall–Kier alpha value is -11.8. The Labute approximate surface area is 736 Å². The first-order chi connectivity index (χ1) is 56.0. The Morgan fingerprint density at radius 3 is 1.79 bits per heavy atom. The number of aryl methyl sites for hydroxylation is 9. The van der Waals surface area contributed by atoms with Gasteiger partial charge in [-0.05, 0) is 183 Å². The van der Waals surface area contributed by atoms with E-state index in [0.717, 1.165) is 107 Å². The summed E-state index contributed by atoms with van der Waals surface area (Å²) in [4.78, 5) is 43.9. The van der Waals surface area contributed by atoms with Crippen LogP contribution < -0.4 is 4.74 Å². The van der Waals surface area contributed by atoms with Gasteiger partial charge >= 0.3 is 11.9 Å². The summed E-state index contributed by atoms with van der Waals surface area (Å²) >= 11 is 0. The third kappa shape index (κ3) is 22.0. The van der Waals surface area contributed by atoms with E-state index < -0.39 is 22.8 Å². The van der Waals surface area contributed by atoms with Gasteiger partial charge in [0, 0.05) is 169 Å². The van der Waals surface area contributed by atoms with Crippen LogP contribution in [0.3, 0.4) is 0 Å². The Bertz CT molecular complexity index is 5960. The minimum atomic E-state index is -0.962. The van der Waals surface area contributed by atoms with Gasteiger partial charge in [-0.1, -0.05) is 83.2 Å². The summed E-state index contributed by atoms with van der Waals surface area (Å²) < 4.78 is 37.7. The Kier molecular flexibility index (Phi) is 32.2. The van der Waals surface area contributed by atoms with Crippen LogP contribution in [0.1, 0.15) is 91.5 Å². The van der Waals surface area contributed by atoms with Crippen LogP contribution in [0.2, 0.25) is 0 Å². The molecule has 2 atom stereocenters. The number of fused-ring (bicyclic) bond motifs is 3. The van der Waals surface area contributed by atoms with Gasteiger partial charge < -0.3 is 46.4 Å². The van der Waals surface area contributed by atoms with E-state index >= 15 is 0 Å². The molecule has 0 spiro atoms. The molecule has 0 bridgehead atoms. The number of nitriles is 1. The van der Waals surface area contributed by atoms with Crippen molar-refractivity contribution in [3.63, 3.8) is 0 Å². The van der Waals surface area contributed by atoms with Crippen LogP contribution in [0.15, 0.2) is 253 Å². The summed E-state index contributed by atoms with van der Waals surface area (Å²) in [7, 11) is 3.31. The number of aromatic nitrogens is 11. The predicted octanol–water partition coefficient (Wildman–Crippen LogP) is 21.0. The van der Waals surface area contributed by atoms with Crippen LogP contribution in [-0.2, 0) is 86.4 Å². The molecule has 22 heteroatoms. The molecule has 119 heavy (non-hydrogen) atoms. The molecule has 0 aliphatic carbocycles. The van der Waals surface area contributed by atoms with E-state index in [1.807, 2.05) is 201 Å². The number of methoxy groups -OCH3 is 1. The first kappa shape index (κ1) is 91.1. The molecule has 0 aliphatic heterocycles. The maximum atomic E-state index is 13.3. The average Bonchev–Trinajstić information content (AvgIpc) is 1.62. The van der Waals surface area contributed by atoms with Crippen LogP contribution >= 0.6 is 0 Å². The largest absolute Gasteiger partial charge is 0.501 e. The number of benzene rings is 9. The van der Waals surface area contributed by atoms with Crippen LogP contribution in [0.25, 0.3) is 102 Å². The van der Waals surface area contributed by atoms with Crippen molar-refractivity contribution in [1.82, 2.24) is 53.1 Å². The van der Waals surface area contributed by atoms with E-state index in [2.05, 4.69) is 167 Å². The Morgan fingerprint density at radius 2 is 1.18 bits per heavy atom. The Balaban J connectivity index is 0.000000180. The SMILES string of the molecule is COC(=O)C(C)(C)CC(C)(CCC(C)C#N)C(=O)OCCOc1cc(C)c(-n2ccnc2-c2[c-]cccc2)c(C)c1.Cc1cc(C)c(-n2cc(-c3c(C)cccc3C)nc2-c2[c-]con2)c(C)c1.Cc1ccccc1-n1ccnc1-c1[c-]ccc2c1oc1ccccc12.Cn1ccnc1-c1[c-]cccc1.[Ir].[Ir].[Ir].[c-]1ccccc1-n1cccn1. The van der Waals surface area contributed by atoms with Crippen LogP contribution in [0.5, 0.6) is 5.75 Å². The molecule has 16 aromatic rings. The second-order valence-electron chi connectivity index (χ2n) is 29.5. The van der Waals surface area contributed by atoms with Crippen molar-refractivity contribution in [1.29, 1.82) is 5.26 Å².